The van der Waals surface area contributed by atoms with Gasteiger partial charge < -0.3 is 34.2 Å². The van der Waals surface area contributed by atoms with Crippen molar-refractivity contribution < 1.29 is 47.6 Å². The third kappa shape index (κ3) is 11.8. The number of carbonyl (C=O) groups excluding carboxylic acids is 4. The van der Waals surface area contributed by atoms with E-state index in [0.717, 1.165) is 0 Å². The van der Waals surface area contributed by atoms with Crippen LogP contribution in [0, 0.1) is 5.92 Å². The Morgan fingerprint density at radius 2 is 1.50 bits per heavy atom. The lowest BCUT2D eigenvalue weighted by molar-refractivity contribution is -0.155. The van der Waals surface area contributed by atoms with Crippen LogP contribution in [0.3, 0.4) is 0 Å². The van der Waals surface area contributed by atoms with Gasteiger partial charge in [0.25, 0.3) is 0 Å². The van der Waals surface area contributed by atoms with Crippen LogP contribution in [-0.4, -0.2) is 56.2 Å². The lowest BCUT2D eigenvalue weighted by Gasteiger charge is -2.29. The first-order chi connectivity index (χ1) is 17.9. The number of rotatable bonds is 15. The van der Waals surface area contributed by atoms with Gasteiger partial charge in [0.15, 0.2) is 11.5 Å². The molecule has 0 aliphatic heterocycles. The van der Waals surface area contributed by atoms with Crippen LogP contribution < -0.4 is 15.2 Å². The van der Waals surface area contributed by atoms with Gasteiger partial charge in [-0.25, -0.2) is 9.59 Å². The number of esters is 2. The minimum atomic E-state index is -1.57. The van der Waals surface area contributed by atoms with Crippen LogP contribution >= 0.6 is 0 Å². The summed E-state index contributed by atoms with van der Waals surface area (Å²) in [6, 6.07) is 4.34. The Morgan fingerprint density at radius 1 is 0.921 bits per heavy atom. The molecule has 1 rings (SSSR count). The van der Waals surface area contributed by atoms with Crippen molar-refractivity contribution in [2.45, 2.75) is 84.8 Å². The molecule has 0 bridgehead atoms. The molecule has 1 unspecified atom stereocenters. The quantitative estimate of drug-likeness (QED) is 0.187. The maximum absolute atomic E-state index is 12.7. The fourth-order valence-electron chi connectivity index (χ4n) is 3.48. The molecule has 0 radical (unpaired) electrons. The second-order valence-electron chi connectivity index (χ2n) is 9.44. The van der Waals surface area contributed by atoms with Crippen molar-refractivity contribution >= 4 is 24.2 Å². The predicted molar refractivity (Wildman–Crippen MR) is 138 cm³/mol. The second kappa shape index (κ2) is 16.5. The zero-order valence-corrected chi connectivity index (χ0v) is 23.2. The summed E-state index contributed by atoms with van der Waals surface area (Å²) < 4.78 is 30.7. The summed E-state index contributed by atoms with van der Waals surface area (Å²) in [5.41, 5.74) is 5.36. The minimum Gasteiger partial charge on any atom is -0.468 e. The van der Waals surface area contributed by atoms with Gasteiger partial charge in [-0.2, -0.15) is 0 Å². The van der Waals surface area contributed by atoms with Gasteiger partial charge in [-0.3, -0.25) is 9.59 Å². The number of hydrogen-bond acceptors (Lipinski definition) is 11. The van der Waals surface area contributed by atoms with E-state index >= 15 is 0 Å². The molecule has 0 aliphatic rings. The molecule has 0 aliphatic carbocycles. The summed E-state index contributed by atoms with van der Waals surface area (Å²) in [6.45, 7) is 9.59. The van der Waals surface area contributed by atoms with E-state index in [2.05, 4.69) is 0 Å². The molecule has 2 N–H and O–H groups in total. The van der Waals surface area contributed by atoms with Crippen LogP contribution in [0.1, 0.15) is 72.3 Å². The summed E-state index contributed by atoms with van der Waals surface area (Å²) in [7, 11) is 1.21. The third-order valence-electron chi connectivity index (χ3n) is 5.26. The molecule has 2 atom stereocenters. The third-order valence-corrected chi connectivity index (χ3v) is 5.26. The largest absolute Gasteiger partial charge is 0.513 e. The first-order valence-electron chi connectivity index (χ1n) is 12.8. The maximum Gasteiger partial charge on any atom is 0.513 e. The van der Waals surface area contributed by atoms with Gasteiger partial charge in [-0.05, 0) is 49.8 Å². The Balaban J connectivity index is 3.15. The SMILES string of the molecule is CCCOC(=O)Oc1ccc(CC(N)(C[C@H](C)OC(=O)CCC(C)C)C(=O)OC)cc1OC(=O)OCCC. The summed E-state index contributed by atoms with van der Waals surface area (Å²) in [6.07, 6.45) is -0.608. The van der Waals surface area contributed by atoms with E-state index in [4.69, 9.17) is 34.2 Å². The molecular weight excluding hydrogens is 498 g/mol. The first-order valence-corrected chi connectivity index (χ1v) is 12.8. The van der Waals surface area contributed by atoms with Gasteiger partial charge in [0.05, 0.1) is 20.3 Å². The molecule has 1 aromatic rings. The van der Waals surface area contributed by atoms with Crippen LogP contribution in [0.15, 0.2) is 18.2 Å². The standard InChI is InChI=1S/C27H41NO10/c1-7-13-34-25(31)37-21-11-10-20(15-22(21)38-26(32)35-14-8-2)17-27(28,24(30)33-6)16-19(5)36-23(29)12-9-18(3)4/h10-11,15,18-19H,7-9,12-14,16-17,28H2,1-6H3/t19-,27?/m0/s1. The summed E-state index contributed by atoms with van der Waals surface area (Å²) in [5, 5.41) is 0. The van der Waals surface area contributed by atoms with Crippen molar-refractivity contribution in [3.63, 3.8) is 0 Å². The molecule has 11 nitrogen and oxygen atoms in total. The predicted octanol–water partition coefficient (Wildman–Crippen LogP) is 4.71. The second-order valence-corrected chi connectivity index (χ2v) is 9.44. The van der Waals surface area contributed by atoms with E-state index in [-0.39, 0.29) is 49.9 Å². The molecule has 38 heavy (non-hydrogen) atoms. The number of ether oxygens (including phenoxy) is 6. The monoisotopic (exact) mass is 539 g/mol. The Morgan fingerprint density at radius 3 is 2.03 bits per heavy atom. The van der Waals surface area contributed by atoms with Crippen molar-refractivity contribution in [2.24, 2.45) is 11.7 Å². The molecule has 0 spiro atoms. The number of benzene rings is 1. The van der Waals surface area contributed by atoms with Crippen molar-refractivity contribution in [3.8, 4) is 11.5 Å². The molecule has 0 amide bonds. The van der Waals surface area contributed by atoms with Crippen molar-refractivity contribution in [1.82, 2.24) is 0 Å². The lowest BCUT2D eigenvalue weighted by Crippen LogP contribution is -2.53. The minimum absolute atomic E-state index is 0.0244. The topological polar surface area (TPSA) is 150 Å². The van der Waals surface area contributed by atoms with E-state index in [1.165, 1.54) is 19.2 Å². The molecule has 0 fully saturated rings. The molecule has 1 aromatic carbocycles. The Bertz CT molecular complexity index is 932. The summed E-state index contributed by atoms with van der Waals surface area (Å²) in [5.74, 6) is -0.960. The highest BCUT2D eigenvalue weighted by Gasteiger charge is 2.38. The summed E-state index contributed by atoms with van der Waals surface area (Å²) >= 11 is 0. The number of carbonyl (C=O) groups is 4. The number of hydrogen-bond donors (Lipinski definition) is 1. The summed E-state index contributed by atoms with van der Waals surface area (Å²) in [4.78, 5) is 48.9. The van der Waals surface area contributed by atoms with E-state index in [1.54, 1.807) is 13.0 Å². The molecule has 0 aromatic heterocycles. The van der Waals surface area contributed by atoms with Crippen LogP contribution in [-0.2, 0) is 35.0 Å². The fraction of sp³-hybridized carbons (Fsp3) is 0.630. The smallest absolute Gasteiger partial charge is 0.468 e. The molecular formula is C27H41NO10. The van der Waals surface area contributed by atoms with Gasteiger partial charge in [0.2, 0.25) is 0 Å². The van der Waals surface area contributed by atoms with Gasteiger partial charge in [-0.15, -0.1) is 0 Å². The number of methoxy groups -OCH3 is 1. The van der Waals surface area contributed by atoms with Crippen molar-refractivity contribution in [2.75, 3.05) is 20.3 Å². The highest BCUT2D eigenvalue weighted by atomic mass is 16.7. The van der Waals surface area contributed by atoms with Crippen LogP contribution in [0.25, 0.3) is 0 Å². The zero-order chi connectivity index (χ0) is 28.7. The van der Waals surface area contributed by atoms with E-state index < -0.39 is 29.9 Å². The van der Waals surface area contributed by atoms with Crippen LogP contribution in [0.4, 0.5) is 9.59 Å². The highest BCUT2D eigenvalue weighted by molar-refractivity contribution is 5.81. The molecule has 214 valence electrons. The molecule has 0 saturated heterocycles. The van der Waals surface area contributed by atoms with E-state index in [9.17, 15) is 19.2 Å². The number of nitrogens with two attached hydrogens (primary N) is 1. The first kappa shape index (κ1) is 32.7. The van der Waals surface area contributed by atoms with Crippen LogP contribution in [0.2, 0.25) is 0 Å². The van der Waals surface area contributed by atoms with Gasteiger partial charge in [0.1, 0.15) is 11.6 Å². The molecule has 0 saturated carbocycles. The molecule has 0 heterocycles. The highest BCUT2D eigenvalue weighted by Crippen LogP contribution is 2.31. The van der Waals surface area contributed by atoms with Gasteiger partial charge in [-0.1, -0.05) is 33.8 Å². The van der Waals surface area contributed by atoms with Gasteiger partial charge >= 0.3 is 24.2 Å². The normalized spacial score (nSPS) is 13.2. The van der Waals surface area contributed by atoms with Crippen molar-refractivity contribution in [1.29, 1.82) is 0 Å². The fourth-order valence-corrected chi connectivity index (χ4v) is 3.48. The Labute approximate surface area is 224 Å². The average molecular weight is 540 g/mol. The van der Waals surface area contributed by atoms with E-state index in [1.807, 2.05) is 27.7 Å². The van der Waals surface area contributed by atoms with Crippen molar-refractivity contribution in [3.05, 3.63) is 23.8 Å². The lowest BCUT2D eigenvalue weighted by atomic mass is 9.86. The maximum atomic E-state index is 12.7. The van der Waals surface area contributed by atoms with E-state index in [0.29, 0.717) is 30.7 Å². The molecule has 11 heteroatoms. The Hall–Kier alpha value is -3.34. The Kier molecular flexibility index (Phi) is 14.2. The zero-order valence-electron chi connectivity index (χ0n) is 23.2. The average Bonchev–Trinajstić information content (AvgIpc) is 2.85. The van der Waals surface area contributed by atoms with Gasteiger partial charge in [0, 0.05) is 19.3 Å². The van der Waals surface area contributed by atoms with Crippen LogP contribution in [0.5, 0.6) is 11.5 Å².